The number of ether oxygens (including phenoxy) is 1. The first kappa shape index (κ1) is 19.0. The Bertz CT molecular complexity index is 834. The van der Waals surface area contributed by atoms with E-state index in [1.165, 1.54) is 43.0 Å². The molecule has 0 radical (unpaired) electrons. The van der Waals surface area contributed by atoms with Crippen molar-refractivity contribution in [3.8, 4) is 0 Å². The molecule has 11 heteroatoms. The van der Waals surface area contributed by atoms with Crippen LogP contribution in [0.25, 0.3) is 0 Å². The van der Waals surface area contributed by atoms with Gasteiger partial charge in [0.05, 0.1) is 17.2 Å². The van der Waals surface area contributed by atoms with Crippen LogP contribution < -0.4 is 10.0 Å². The SMILES string of the molecule is CC(=O)[C@]1(N=Nc2ccc(S(=O)(=O)N[C@@H]3NCCS3)cc2)CCOC1=O. The standard InChI is InChI=1S/C15H18N4O5S2/c1-10(20)15(6-8-24-13(15)21)19-17-11-2-4-12(5-3-11)26(22,23)18-14-16-7-9-25-14/h2-5,14,16,18H,6-9H2,1H3/t14-,15+/m0/s1. The summed E-state index contributed by atoms with van der Waals surface area (Å²) >= 11 is 1.48. The summed E-state index contributed by atoms with van der Waals surface area (Å²) in [5.41, 5.74) is -1.61. The molecule has 2 fully saturated rings. The maximum Gasteiger partial charge on any atom is 0.343 e. The Morgan fingerprint density at radius 3 is 2.65 bits per heavy atom. The van der Waals surface area contributed by atoms with Gasteiger partial charge in [-0.15, -0.1) is 11.8 Å². The lowest BCUT2D eigenvalue weighted by Crippen LogP contribution is -2.39. The number of hydrogen-bond donors (Lipinski definition) is 2. The van der Waals surface area contributed by atoms with Crippen molar-refractivity contribution >= 4 is 39.2 Å². The number of hydrogen-bond acceptors (Lipinski definition) is 9. The van der Waals surface area contributed by atoms with E-state index in [2.05, 4.69) is 20.3 Å². The van der Waals surface area contributed by atoms with Crippen LogP contribution in [0.15, 0.2) is 39.4 Å². The third kappa shape index (κ3) is 3.80. The van der Waals surface area contributed by atoms with Crippen LogP contribution in [0.4, 0.5) is 5.69 Å². The van der Waals surface area contributed by atoms with Gasteiger partial charge in [-0.25, -0.2) is 13.2 Å². The number of azo groups is 1. The molecule has 0 bridgehead atoms. The van der Waals surface area contributed by atoms with Crippen molar-refractivity contribution in [3.05, 3.63) is 24.3 Å². The zero-order chi connectivity index (χ0) is 18.8. The topological polar surface area (TPSA) is 126 Å². The van der Waals surface area contributed by atoms with E-state index in [0.717, 1.165) is 12.3 Å². The minimum Gasteiger partial charge on any atom is -0.463 e. The molecule has 2 aliphatic heterocycles. The number of carbonyl (C=O) groups excluding carboxylic acids is 2. The lowest BCUT2D eigenvalue weighted by molar-refractivity contribution is -0.145. The van der Waals surface area contributed by atoms with Crippen molar-refractivity contribution in [3.63, 3.8) is 0 Å². The summed E-state index contributed by atoms with van der Waals surface area (Å²) in [6.45, 7) is 2.13. The molecule has 0 aromatic heterocycles. The molecule has 2 saturated heterocycles. The first-order valence-corrected chi connectivity index (χ1v) is 10.5. The van der Waals surface area contributed by atoms with Crippen LogP contribution in [0, 0.1) is 0 Å². The lowest BCUT2D eigenvalue weighted by Gasteiger charge is -2.14. The van der Waals surface area contributed by atoms with Crippen molar-refractivity contribution in [1.29, 1.82) is 0 Å². The molecule has 0 unspecified atom stereocenters. The maximum atomic E-state index is 12.3. The summed E-state index contributed by atoms with van der Waals surface area (Å²) in [7, 11) is -3.66. The number of ketones is 1. The molecule has 2 atom stereocenters. The molecule has 2 heterocycles. The van der Waals surface area contributed by atoms with Gasteiger partial charge in [0, 0.05) is 18.7 Å². The Kier molecular flexibility index (Phi) is 5.42. The van der Waals surface area contributed by atoms with Gasteiger partial charge >= 0.3 is 5.97 Å². The third-order valence-corrected chi connectivity index (χ3v) is 6.72. The molecule has 0 saturated carbocycles. The molecule has 2 aliphatic rings. The minimum atomic E-state index is -3.66. The van der Waals surface area contributed by atoms with E-state index in [9.17, 15) is 18.0 Å². The molecule has 26 heavy (non-hydrogen) atoms. The zero-order valence-electron chi connectivity index (χ0n) is 14.0. The van der Waals surface area contributed by atoms with Crippen molar-refractivity contribution in [2.45, 2.75) is 29.3 Å². The average molecular weight is 398 g/mol. The number of cyclic esters (lactones) is 1. The highest BCUT2D eigenvalue weighted by Crippen LogP contribution is 2.28. The summed E-state index contributed by atoms with van der Waals surface area (Å²) in [5.74, 6) is -0.306. The molecule has 0 spiro atoms. The van der Waals surface area contributed by atoms with Gasteiger partial charge < -0.3 is 4.74 Å². The van der Waals surface area contributed by atoms with Gasteiger partial charge in [0.25, 0.3) is 0 Å². The summed E-state index contributed by atoms with van der Waals surface area (Å²) in [4.78, 5) is 23.7. The molecular weight excluding hydrogens is 380 g/mol. The second kappa shape index (κ2) is 7.43. The number of sulfonamides is 1. The number of thioether (sulfide) groups is 1. The number of nitrogens with one attached hydrogen (secondary N) is 2. The first-order chi connectivity index (χ1) is 12.3. The van der Waals surface area contributed by atoms with Gasteiger partial charge in [0.2, 0.25) is 15.6 Å². The van der Waals surface area contributed by atoms with E-state index in [1.54, 1.807) is 0 Å². The Balaban J connectivity index is 1.75. The van der Waals surface area contributed by atoms with Crippen molar-refractivity contribution < 1.29 is 22.7 Å². The average Bonchev–Trinajstić information content (AvgIpc) is 3.23. The molecule has 9 nitrogen and oxygen atoms in total. The van der Waals surface area contributed by atoms with Crippen molar-refractivity contribution in [2.24, 2.45) is 10.2 Å². The fraction of sp³-hybridized carbons (Fsp3) is 0.467. The fourth-order valence-corrected chi connectivity index (χ4v) is 4.89. The summed E-state index contributed by atoms with van der Waals surface area (Å²) < 4.78 is 32.0. The Labute approximate surface area is 155 Å². The van der Waals surface area contributed by atoms with Gasteiger partial charge in [-0.2, -0.15) is 15.0 Å². The predicted octanol–water partition coefficient (Wildman–Crippen LogP) is 0.943. The Morgan fingerprint density at radius 1 is 1.38 bits per heavy atom. The summed E-state index contributed by atoms with van der Waals surface area (Å²) in [6, 6.07) is 5.70. The molecule has 0 aliphatic carbocycles. The fourth-order valence-electron chi connectivity index (χ4n) is 2.54. The highest BCUT2D eigenvalue weighted by atomic mass is 32.2. The largest absolute Gasteiger partial charge is 0.463 e. The van der Waals surface area contributed by atoms with E-state index in [-0.39, 0.29) is 23.4 Å². The van der Waals surface area contributed by atoms with Crippen LogP contribution >= 0.6 is 11.8 Å². The van der Waals surface area contributed by atoms with Crippen LogP contribution in [0.3, 0.4) is 0 Å². The highest BCUT2D eigenvalue weighted by Gasteiger charge is 2.50. The predicted molar refractivity (Wildman–Crippen MR) is 94.5 cm³/mol. The van der Waals surface area contributed by atoms with Gasteiger partial charge in [-0.05, 0) is 31.2 Å². The number of carbonyl (C=O) groups is 2. The van der Waals surface area contributed by atoms with E-state index >= 15 is 0 Å². The normalized spacial score (nSPS) is 26.3. The summed E-state index contributed by atoms with van der Waals surface area (Å²) in [5, 5.41) is 10.9. The quantitative estimate of drug-likeness (QED) is 0.415. The monoisotopic (exact) mass is 398 g/mol. The second-order valence-electron chi connectivity index (χ2n) is 5.82. The van der Waals surface area contributed by atoms with E-state index in [4.69, 9.17) is 4.74 Å². The molecule has 3 rings (SSSR count). The van der Waals surface area contributed by atoms with Crippen LogP contribution in [-0.4, -0.2) is 50.1 Å². The first-order valence-electron chi connectivity index (χ1n) is 7.92. The second-order valence-corrected chi connectivity index (χ2v) is 8.75. The number of esters is 1. The molecule has 140 valence electrons. The number of Topliss-reactive ketones (excluding diaryl/α,β-unsaturated/α-hetero) is 1. The minimum absolute atomic E-state index is 0.0901. The third-order valence-electron chi connectivity index (χ3n) is 4.08. The zero-order valence-corrected chi connectivity index (χ0v) is 15.6. The molecule has 2 N–H and O–H groups in total. The van der Waals surface area contributed by atoms with Crippen molar-refractivity contribution in [2.75, 3.05) is 18.9 Å². The van der Waals surface area contributed by atoms with Crippen LogP contribution in [0.1, 0.15) is 13.3 Å². The van der Waals surface area contributed by atoms with Crippen LogP contribution in [0.2, 0.25) is 0 Å². The van der Waals surface area contributed by atoms with E-state index < -0.39 is 27.3 Å². The molecular formula is C15H18N4O5S2. The van der Waals surface area contributed by atoms with Gasteiger partial charge in [0.15, 0.2) is 5.78 Å². The van der Waals surface area contributed by atoms with E-state index in [0.29, 0.717) is 5.69 Å². The van der Waals surface area contributed by atoms with Crippen LogP contribution in [0.5, 0.6) is 0 Å². The summed E-state index contributed by atoms with van der Waals surface area (Å²) in [6.07, 6.45) is 0.146. The molecule has 0 amide bonds. The van der Waals surface area contributed by atoms with Crippen LogP contribution in [-0.2, 0) is 24.3 Å². The highest BCUT2D eigenvalue weighted by molar-refractivity contribution is 8.01. The Morgan fingerprint density at radius 2 is 2.12 bits per heavy atom. The number of rotatable bonds is 6. The Hall–Kier alpha value is -1.82. The number of nitrogens with zero attached hydrogens (tertiary/aromatic N) is 2. The lowest BCUT2D eigenvalue weighted by atomic mass is 9.95. The smallest absolute Gasteiger partial charge is 0.343 e. The number of benzene rings is 1. The molecule has 1 aromatic carbocycles. The maximum absolute atomic E-state index is 12.3. The van der Waals surface area contributed by atoms with Crippen molar-refractivity contribution in [1.82, 2.24) is 10.0 Å². The van der Waals surface area contributed by atoms with E-state index in [1.807, 2.05) is 0 Å². The van der Waals surface area contributed by atoms with Gasteiger partial charge in [-0.1, -0.05) is 0 Å². The van der Waals surface area contributed by atoms with Gasteiger partial charge in [0.1, 0.15) is 5.50 Å². The molecule has 1 aromatic rings. The van der Waals surface area contributed by atoms with Gasteiger partial charge in [-0.3, -0.25) is 10.1 Å².